The minimum Gasteiger partial charge on any atom is -0.324 e. The van der Waals surface area contributed by atoms with Crippen LogP contribution >= 0.6 is 11.8 Å². The Balaban J connectivity index is 1.52. The van der Waals surface area contributed by atoms with E-state index in [0.29, 0.717) is 13.1 Å². The highest BCUT2D eigenvalue weighted by Gasteiger charge is 2.78. The predicted octanol–water partition coefficient (Wildman–Crippen LogP) is 5.21. The summed E-state index contributed by atoms with van der Waals surface area (Å²) >= 11 is 1.87. The average Bonchev–Trinajstić information content (AvgIpc) is 3.57. The van der Waals surface area contributed by atoms with E-state index in [1.54, 1.807) is 0 Å². The van der Waals surface area contributed by atoms with E-state index in [0.717, 1.165) is 39.6 Å². The zero-order valence-corrected chi connectivity index (χ0v) is 23.4. The average molecular weight is 536 g/mol. The van der Waals surface area contributed by atoms with Gasteiger partial charge < -0.3 is 10.2 Å². The fourth-order valence-corrected chi connectivity index (χ4v) is 9.14. The molecule has 0 saturated carbocycles. The van der Waals surface area contributed by atoms with E-state index in [-0.39, 0.29) is 23.7 Å². The molecule has 5 nitrogen and oxygen atoms in total. The van der Waals surface area contributed by atoms with Crippen LogP contribution in [0.15, 0.2) is 78.4 Å². The molecule has 0 radical (unpaired) electrons. The van der Waals surface area contributed by atoms with Crippen LogP contribution < -0.4 is 5.32 Å². The number of fused-ring (bicyclic) bond motifs is 5. The van der Waals surface area contributed by atoms with E-state index >= 15 is 4.79 Å². The van der Waals surface area contributed by atoms with Crippen LogP contribution in [0.2, 0.25) is 0 Å². The maximum atomic E-state index is 15.3. The summed E-state index contributed by atoms with van der Waals surface area (Å²) < 4.78 is 0. The maximum Gasteiger partial charge on any atom is 0.250 e. The van der Waals surface area contributed by atoms with Gasteiger partial charge in [-0.3, -0.25) is 14.5 Å². The number of likely N-dealkylation sites (N-methyl/N-ethyl adjacent to an activating group) is 1. The molecule has 2 spiro atoms. The molecule has 39 heavy (non-hydrogen) atoms. The van der Waals surface area contributed by atoms with Gasteiger partial charge in [0.25, 0.3) is 5.91 Å². The molecule has 7 rings (SSSR count). The molecule has 3 aromatic carbocycles. The van der Waals surface area contributed by atoms with Crippen molar-refractivity contribution in [1.29, 1.82) is 0 Å². The van der Waals surface area contributed by atoms with Gasteiger partial charge in [0.1, 0.15) is 5.54 Å². The van der Waals surface area contributed by atoms with E-state index in [4.69, 9.17) is 0 Å². The number of piperidine rings is 1. The lowest BCUT2D eigenvalue weighted by atomic mass is 9.55. The third kappa shape index (κ3) is 3.35. The first kappa shape index (κ1) is 24.8. The van der Waals surface area contributed by atoms with Crippen molar-refractivity contribution in [1.82, 2.24) is 9.80 Å². The summed E-state index contributed by atoms with van der Waals surface area (Å²) in [5.74, 6) is 1.54. The van der Waals surface area contributed by atoms with Crippen molar-refractivity contribution >= 4 is 35.2 Å². The summed E-state index contributed by atoms with van der Waals surface area (Å²) in [6, 6.07) is 25.1. The third-order valence-corrected chi connectivity index (χ3v) is 10.4. The molecule has 0 aromatic heterocycles. The predicted molar refractivity (Wildman–Crippen MR) is 158 cm³/mol. The number of aryl methyl sites for hydroxylation is 2. The molecule has 1 N–H and O–H groups in total. The van der Waals surface area contributed by atoms with E-state index in [9.17, 15) is 4.79 Å². The number of hydrogen-bond acceptors (Lipinski definition) is 5. The van der Waals surface area contributed by atoms with Gasteiger partial charge >= 0.3 is 0 Å². The van der Waals surface area contributed by atoms with Crippen LogP contribution in [0.25, 0.3) is 6.08 Å². The van der Waals surface area contributed by atoms with Gasteiger partial charge in [0, 0.05) is 53.5 Å². The van der Waals surface area contributed by atoms with Crippen LogP contribution in [0.4, 0.5) is 5.69 Å². The number of para-hydroxylation sites is 1. The molecule has 4 atom stereocenters. The Kier molecular flexibility index (Phi) is 5.67. The van der Waals surface area contributed by atoms with Gasteiger partial charge in [-0.1, -0.05) is 77.9 Å². The smallest absolute Gasteiger partial charge is 0.250 e. The van der Waals surface area contributed by atoms with Crippen LogP contribution in [0.1, 0.15) is 33.7 Å². The second-order valence-electron chi connectivity index (χ2n) is 11.7. The van der Waals surface area contributed by atoms with Crippen LogP contribution in [0.5, 0.6) is 0 Å². The van der Waals surface area contributed by atoms with E-state index in [1.165, 1.54) is 11.1 Å². The number of nitrogens with one attached hydrogen (secondary N) is 1. The molecule has 4 aliphatic rings. The number of carbonyl (C=O) groups excluding carboxylic acids is 2. The highest BCUT2D eigenvalue weighted by molar-refractivity contribution is 7.99. The number of Topliss-reactive ketones (excluding diaryl/α,β-unsaturated/α-hetero) is 1. The minimum atomic E-state index is -1.08. The lowest BCUT2D eigenvalue weighted by Crippen LogP contribution is -2.65. The first-order valence-corrected chi connectivity index (χ1v) is 14.8. The molecular formula is C33H33N3O2S. The number of ketones is 1. The quantitative estimate of drug-likeness (QED) is 0.457. The second-order valence-corrected chi connectivity index (χ2v) is 12.7. The first-order chi connectivity index (χ1) is 18.9. The molecule has 198 valence electrons. The molecule has 3 aromatic rings. The topological polar surface area (TPSA) is 52.7 Å². The molecule has 4 aliphatic heterocycles. The molecule has 0 unspecified atom stereocenters. The Hall–Kier alpha value is -3.19. The van der Waals surface area contributed by atoms with Crippen LogP contribution in [-0.2, 0) is 15.1 Å². The first-order valence-electron chi connectivity index (χ1n) is 13.7. The lowest BCUT2D eigenvalue weighted by molar-refractivity contribution is -0.146. The van der Waals surface area contributed by atoms with Crippen molar-refractivity contribution in [2.75, 3.05) is 37.1 Å². The van der Waals surface area contributed by atoms with Gasteiger partial charge in [0.2, 0.25) is 0 Å². The lowest BCUT2D eigenvalue weighted by Gasteiger charge is -2.51. The molecule has 0 aliphatic carbocycles. The molecule has 1 amide bonds. The molecule has 0 bridgehead atoms. The van der Waals surface area contributed by atoms with Crippen LogP contribution in [-0.4, -0.2) is 59.3 Å². The molecule has 3 fully saturated rings. The Morgan fingerprint density at radius 3 is 2.38 bits per heavy atom. The van der Waals surface area contributed by atoms with Gasteiger partial charge in [-0.05, 0) is 44.2 Å². The summed E-state index contributed by atoms with van der Waals surface area (Å²) in [5, 5.41) is 3.22. The van der Waals surface area contributed by atoms with Crippen LogP contribution in [0.3, 0.4) is 0 Å². The summed E-state index contributed by atoms with van der Waals surface area (Å²) in [7, 11) is 2.09. The van der Waals surface area contributed by atoms with Gasteiger partial charge in [-0.25, -0.2) is 0 Å². The fourth-order valence-electron chi connectivity index (χ4n) is 7.84. The van der Waals surface area contributed by atoms with E-state index < -0.39 is 11.0 Å². The van der Waals surface area contributed by atoms with Crippen molar-refractivity contribution < 1.29 is 9.59 Å². The fraction of sp³-hybridized carbons (Fsp3) is 0.333. The highest BCUT2D eigenvalue weighted by atomic mass is 32.2. The van der Waals surface area contributed by atoms with Gasteiger partial charge in [-0.2, -0.15) is 0 Å². The molecule has 6 heteroatoms. The van der Waals surface area contributed by atoms with Gasteiger partial charge in [0.05, 0.1) is 5.41 Å². The number of rotatable bonds is 2. The van der Waals surface area contributed by atoms with Crippen LogP contribution in [0, 0.1) is 19.3 Å². The zero-order chi connectivity index (χ0) is 26.9. The summed E-state index contributed by atoms with van der Waals surface area (Å²) in [4.78, 5) is 34.4. The van der Waals surface area contributed by atoms with Gasteiger partial charge in [0.15, 0.2) is 5.78 Å². The monoisotopic (exact) mass is 535 g/mol. The maximum absolute atomic E-state index is 15.3. The number of hydrogen-bond donors (Lipinski definition) is 1. The Bertz CT molecular complexity index is 1510. The van der Waals surface area contributed by atoms with Crippen molar-refractivity contribution in [3.63, 3.8) is 0 Å². The number of nitrogens with zero attached hydrogens (tertiary/aromatic N) is 2. The van der Waals surface area contributed by atoms with Crippen molar-refractivity contribution in [3.05, 3.63) is 106 Å². The summed E-state index contributed by atoms with van der Waals surface area (Å²) in [5.41, 5.74) is 5.02. The summed E-state index contributed by atoms with van der Waals surface area (Å²) in [6.45, 7) is 5.25. The SMILES string of the molecule is Cc1ccc(/C=C2\CN(C)C[C@@]3(C2=O)[C@H](c2ccc(C)cc2)[C@@H]2CSCN2[C@@]32C(=O)Nc3ccccc32)cc1. The number of anilines is 1. The number of thioether (sulfide) groups is 1. The Labute approximate surface area is 234 Å². The van der Waals surface area contributed by atoms with E-state index in [2.05, 4.69) is 96.7 Å². The second kappa shape index (κ2) is 8.91. The highest BCUT2D eigenvalue weighted by Crippen LogP contribution is 2.68. The Morgan fingerprint density at radius 1 is 0.949 bits per heavy atom. The van der Waals surface area contributed by atoms with Crippen molar-refractivity contribution in [2.24, 2.45) is 5.41 Å². The largest absolute Gasteiger partial charge is 0.324 e. The molecule has 3 saturated heterocycles. The normalized spacial score (nSPS) is 31.3. The molecule has 4 heterocycles. The number of carbonyl (C=O) groups is 2. The number of amides is 1. The Morgan fingerprint density at radius 2 is 1.64 bits per heavy atom. The van der Waals surface area contributed by atoms with Gasteiger partial charge in [-0.15, -0.1) is 11.8 Å². The number of likely N-dealkylation sites (tertiary alicyclic amines) is 1. The van der Waals surface area contributed by atoms with Crippen molar-refractivity contribution in [2.45, 2.75) is 31.3 Å². The van der Waals surface area contributed by atoms with Crippen molar-refractivity contribution in [3.8, 4) is 0 Å². The number of benzene rings is 3. The zero-order valence-electron chi connectivity index (χ0n) is 22.6. The summed E-state index contributed by atoms with van der Waals surface area (Å²) in [6.07, 6.45) is 2.05. The van der Waals surface area contributed by atoms with E-state index in [1.807, 2.05) is 30.0 Å². The molecular weight excluding hydrogens is 502 g/mol. The minimum absolute atomic E-state index is 0.0656. The standard InChI is InChI=1S/C33H33N3O2S/c1-21-8-12-23(13-9-21)16-25-17-35(3)19-32(30(25)37)29(24-14-10-22(2)11-15-24)28-18-39-20-36(28)33(32)26-6-4-5-7-27(26)34-31(33)38/h4-16,28-29H,17-20H2,1-3H3,(H,34,38)/b25-16+/t28-,29+,32-,33-/m0/s1. The third-order valence-electron chi connectivity index (χ3n) is 9.32.